The summed E-state index contributed by atoms with van der Waals surface area (Å²) in [5.74, 6) is -2.73. The number of alkyl halides is 2. The second-order valence-electron chi connectivity index (χ2n) is 2.47. The van der Waals surface area contributed by atoms with Crippen molar-refractivity contribution in [2.75, 3.05) is 26.8 Å². The van der Waals surface area contributed by atoms with Crippen LogP contribution in [0.5, 0.6) is 0 Å². The molecule has 0 spiro atoms. The molecule has 0 aromatic rings. The molecule has 0 rings (SSSR count). The van der Waals surface area contributed by atoms with Gasteiger partial charge in [0.2, 0.25) is 0 Å². The van der Waals surface area contributed by atoms with Gasteiger partial charge in [-0.15, -0.1) is 0 Å². The van der Waals surface area contributed by atoms with Crippen LogP contribution in [0.3, 0.4) is 0 Å². The Balaban J connectivity index is 3.38. The molecule has 0 fully saturated rings. The summed E-state index contributed by atoms with van der Waals surface area (Å²) in [6.07, 6.45) is 0.864. The van der Waals surface area contributed by atoms with E-state index < -0.39 is 12.5 Å². The normalized spacial score (nSPS) is 12.0. The van der Waals surface area contributed by atoms with Crippen LogP contribution < -0.4 is 5.32 Å². The van der Waals surface area contributed by atoms with Gasteiger partial charge < -0.3 is 10.1 Å². The van der Waals surface area contributed by atoms with E-state index in [0.29, 0.717) is 6.54 Å². The van der Waals surface area contributed by atoms with E-state index in [1.165, 1.54) is 7.11 Å². The second-order valence-corrected chi connectivity index (χ2v) is 2.47. The van der Waals surface area contributed by atoms with Gasteiger partial charge in [0.25, 0.3) is 5.92 Å². The molecule has 0 saturated heterocycles. The summed E-state index contributed by atoms with van der Waals surface area (Å²) in [5.41, 5.74) is 0. The molecule has 2 nitrogen and oxygen atoms in total. The van der Waals surface area contributed by atoms with Crippen molar-refractivity contribution >= 4 is 0 Å². The Morgan fingerprint density at radius 1 is 1.45 bits per heavy atom. The van der Waals surface area contributed by atoms with Crippen LogP contribution in [-0.2, 0) is 4.74 Å². The summed E-state index contributed by atoms with van der Waals surface area (Å²) >= 11 is 0. The van der Waals surface area contributed by atoms with Crippen LogP contribution in [0, 0.1) is 0 Å². The van der Waals surface area contributed by atoms with E-state index in [1.54, 1.807) is 0 Å². The summed E-state index contributed by atoms with van der Waals surface area (Å²) < 4.78 is 29.5. The average Bonchev–Trinajstić information content (AvgIpc) is 1.87. The molecule has 0 radical (unpaired) electrons. The third-order valence-corrected chi connectivity index (χ3v) is 1.17. The van der Waals surface area contributed by atoms with Gasteiger partial charge in [-0.25, -0.2) is 8.78 Å². The van der Waals surface area contributed by atoms with Gasteiger partial charge in [-0.3, -0.25) is 0 Å². The molecule has 1 N–H and O–H groups in total. The van der Waals surface area contributed by atoms with E-state index in [9.17, 15) is 8.78 Å². The molecular formula is C7H15F2NO. The van der Waals surface area contributed by atoms with Gasteiger partial charge >= 0.3 is 0 Å². The zero-order chi connectivity index (χ0) is 8.74. The van der Waals surface area contributed by atoms with E-state index in [1.807, 2.05) is 6.92 Å². The first-order valence-electron chi connectivity index (χ1n) is 3.70. The van der Waals surface area contributed by atoms with Gasteiger partial charge in [-0.05, 0) is 13.0 Å². The molecular weight excluding hydrogens is 152 g/mol. The van der Waals surface area contributed by atoms with Crippen LogP contribution >= 0.6 is 0 Å². The molecule has 0 aliphatic carbocycles. The van der Waals surface area contributed by atoms with E-state index in [4.69, 9.17) is 0 Å². The van der Waals surface area contributed by atoms with E-state index >= 15 is 0 Å². The average molecular weight is 167 g/mol. The zero-order valence-electron chi connectivity index (χ0n) is 6.99. The highest BCUT2D eigenvalue weighted by atomic mass is 19.3. The molecule has 0 aliphatic rings. The molecule has 0 saturated carbocycles. The monoisotopic (exact) mass is 167 g/mol. The molecule has 0 amide bonds. The van der Waals surface area contributed by atoms with Crippen LogP contribution in [0.25, 0.3) is 0 Å². The quantitative estimate of drug-likeness (QED) is 0.601. The molecule has 0 unspecified atom stereocenters. The third kappa shape index (κ3) is 6.19. The molecule has 4 heteroatoms. The predicted molar refractivity (Wildman–Crippen MR) is 40.0 cm³/mol. The Morgan fingerprint density at radius 3 is 2.55 bits per heavy atom. The first-order valence-corrected chi connectivity index (χ1v) is 3.70. The van der Waals surface area contributed by atoms with Gasteiger partial charge in [-0.2, -0.15) is 0 Å². The highest BCUT2D eigenvalue weighted by molar-refractivity contribution is 4.67. The predicted octanol–water partition coefficient (Wildman–Crippen LogP) is 1.27. The number of rotatable bonds is 6. The van der Waals surface area contributed by atoms with E-state index in [0.717, 1.165) is 6.42 Å². The molecule has 0 bridgehead atoms. The molecule has 0 atom stereocenters. The van der Waals surface area contributed by atoms with Crippen LogP contribution in [-0.4, -0.2) is 32.7 Å². The molecule has 68 valence electrons. The lowest BCUT2D eigenvalue weighted by molar-refractivity contribution is -0.0615. The van der Waals surface area contributed by atoms with Crippen molar-refractivity contribution in [1.82, 2.24) is 5.32 Å². The fraction of sp³-hybridized carbons (Fsp3) is 1.00. The Hall–Kier alpha value is -0.220. The van der Waals surface area contributed by atoms with E-state index in [2.05, 4.69) is 10.1 Å². The smallest absolute Gasteiger partial charge is 0.283 e. The summed E-state index contributed by atoms with van der Waals surface area (Å²) in [6.45, 7) is 1.75. The third-order valence-electron chi connectivity index (χ3n) is 1.17. The van der Waals surface area contributed by atoms with Crippen LogP contribution in [0.2, 0.25) is 0 Å². The van der Waals surface area contributed by atoms with Crippen molar-refractivity contribution in [3.63, 3.8) is 0 Å². The highest BCUT2D eigenvalue weighted by Crippen LogP contribution is 2.11. The first-order chi connectivity index (χ1) is 5.12. The highest BCUT2D eigenvalue weighted by Gasteiger charge is 2.27. The molecule has 0 aliphatic heterocycles. The minimum absolute atomic E-state index is 0.297. The van der Waals surface area contributed by atoms with Gasteiger partial charge in [0.1, 0.15) is 6.61 Å². The Kier molecular flexibility index (Phi) is 5.32. The summed E-state index contributed by atoms with van der Waals surface area (Å²) in [7, 11) is 1.27. The number of ether oxygens (including phenoxy) is 1. The maximum Gasteiger partial charge on any atom is 0.283 e. The van der Waals surface area contributed by atoms with Gasteiger partial charge in [0.05, 0.1) is 6.54 Å². The van der Waals surface area contributed by atoms with Crippen molar-refractivity contribution < 1.29 is 13.5 Å². The Bertz CT molecular complexity index is 98.4. The molecule has 0 aromatic heterocycles. The largest absolute Gasteiger partial charge is 0.378 e. The summed E-state index contributed by atoms with van der Waals surface area (Å²) in [5, 5.41) is 2.63. The SMILES string of the molecule is CCCNCC(F)(F)COC. The lowest BCUT2D eigenvalue weighted by Crippen LogP contribution is -2.36. The fourth-order valence-corrected chi connectivity index (χ4v) is 0.710. The Morgan fingerprint density at radius 2 is 2.09 bits per heavy atom. The number of halogens is 2. The lowest BCUT2D eigenvalue weighted by atomic mass is 10.3. The van der Waals surface area contributed by atoms with Crippen molar-refractivity contribution in [1.29, 1.82) is 0 Å². The van der Waals surface area contributed by atoms with Gasteiger partial charge in [-0.1, -0.05) is 6.92 Å². The number of methoxy groups -OCH3 is 1. The van der Waals surface area contributed by atoms with Crippen molar-refractivity contribution in [3.8, 4) is 0 Å². The maximum absolute atomic E-state index is 12.6. The minimum atomic E-state index is -2.73. The minimum Gasteiger partial charge on any atom is -0.378 e. The molecule has 0 heterocycles. The summed E-state index contributed by atoms with van der Waals surface area (Å²) in [6, 6.07) is 0. The summed E-state index contributed by atoms with van der Waals surface area (Å²) in [4.78, 5) is 0. The van der Waals surface area contributed by atoms with Gasteiger partial charge in [0, 0.05) is 7.11 Å². The Labute approximate surface area is 65.9 Å². The van der Waals surface area contributed by atoms with Crippen LogP contribution in [0.15, 0.2) is 0 Å². The number of nitrogens with one attached hydrogen (secondary N) is 1. The zero-order valence-corrected chi connectivity index (χ0v) is 6.99. The van der Waals surface area contributed by atoms with Crippen molar-refractivity contribution in [2.24, 2.45) is 0 Å². The molecule has 0 aromatic carbocycles. The number of hydrogen-bond donors (Lipinski definition) is 1. The first kappa shape index (κ1) is 10.8. The fourth-order valence-electron chi connectivity index (χ4n) is 0.710. The van der Waals surface area contributed by atoms with Crippen molar-refractivity contribution in [2.45, 2.75) is 19.3 Å². The van der Waals surface area contributed by atoms with Crippen LogP contribution in [0.1, 0.15) is 13.3 Å². The molecule has 11 heavy (non-hydrogen) atoms. The number of hydrogen-bond acceptors (Lipinski definition) is 2. The lowest BCUT2D eigenvalue weighted by Gasteiger charge is -2.15. The van der Waals surface area contributed by atoms with Gasteiger partial charge in [0.15, 0.2) is 0 Å². The van der Waals surface area contributed by atoms with Crippen molar-refractivity contribution in [3.05, 3.63) is 0 Å². The standard InChI is InChI=1S/C7H15F2NO/c1-3-4-10-5-7(8,9)6-11-2/h10H,3-6H2,1-2H3. The van der Waals surface area contributed by atoms with Crippen LogP contribution in [0.4, 0.5) is 8.78 Å². The van der Waals surface area contributed by atoms with E-state index in [-0.39, 0.29) is 6.54 Å². The maximum atomic E-state index is 12.6. The topological polar surface area (TPSA) is 21.3 Å². The second kappa shape index (κ2) is 5.43.